The third kappa shape index (κ3) is 9.41. The molecule has 0 saturated heterocycles. The fraction of sp³-hybridized carbons (Fsp3) is 0.963. The normalized spacial score (nSPS) is 28.4. The van der Waals surface area contributed by atoms with Crippen molar-refractivity contribution < 1.29 is 26.2 Å². The first-order chi connectivity index (χ1) is 14.9. The Bertz CT molecular complexity index is 518. The second-order valence-corrected chi connectivity index (χ2v) is 12.4. The van der Waals surface area contributed by atoms with Gasteiger partial charge in [-0.25, -0.2) is 0 Å². The molecular formula is C27H51BrN2OS. The summed E-state index contributed by atoms with van der Waals surface area (Å²) in [6.45, 7) is 5.32. The van der Waals surface area contributed by atoms with Gasteiger partial charge in [0.2, 0.25) is 0 Å². The van der Waals surface area contributed by atoms with Crippen molar-refractivity contribution in [2.45, 2.75) is 115 Å². The smallest absolute Gasteiger partial charge is 0.257 e. The van der Waals surface area contributed by atoms with Crippen LogP contribution in [0.3, 0.4) is 0 Å². The van der Waals surface area contributed by atoms with Crippen LogP contribution in [0.25, 0.3) is 0 Å². The van der Waals surface area contributed by atoms with Crippen molar-refractivity contribution in [2.75, 3.05) is 33.8 Å². The number of ether oxygens (including phenoxy) is 1. The molecule has 3 nitrogen and oxygen atoms in total. The number of nitrogens with one attached hydrogen (secondary N) is 1. The van der Waals surface area contributed by atoms with E-state index in [1.165, 1.54) is 109 Å². The van der Waals surface area contributed by atoms with Crippen molar-refractivity contribution >= 4 is 17.4 Å². The molecule has 4 aliphatic carbocycles. The minimum Gasteiger partial charge on any atom is -1.00 e. The Morgan fingerprint density at radius 2 is 1.28 bits per heavy atom. The summed E-state index contributed by atoms with van der Waals surface area (Å²) in [5.74, 6) is 2.83. The zero-order chi connectivity index (χ0) is 22.2. The van der Waals surface area contributed by atoms with Crippen LogP contribution < -0.4 is 22.3 Å². The fourth-order valence-corrected chi connectivity index (χ4v) is 7.34. The largest absolute Gasteiger partial charge is 1.00 e. The molecule has 4 saturated carbocycles. The van der Waals surface area contributed by atoms with Gasteiger partial charge in [0.15, 0.2) is 0 Å². The summed E-state index contributed by atoms with van der Waals surface area (Å²) in [5.41, 5.74) is 0.270. The molecule has 0 aromatic heterocycles. The average Bonchev–Trinajstić information content (AvgIpc) is 2.67. The molecule has 0 heterocycles. The lowest BCUT2D eigenvalue weighted by Crippen LogP contribution is -3.00. The van der Waals surface area contributed by atoms with E-state index in [0.29, 0.717) is 5.17 Å². The van der Waals surface area contributed by atoms with Gasteiger partial charge >= 0.3 is 0 Å². The molecule has 0 atom stereocenters. The van der Waals surface area contributed by atoms with Gasteiger partial charge in [0.1, 0.15) is 13.2 Å². The Kier molecular flexibility index (Phi) is 12.3. The molecule has 0 aromatic rings. The molecule has 1 N–H and O–H groups in total. The zero-order valence-corrected chi connectivity index (χ0v) is 23.7. The van der Waals surface area contributed by atoms with E-state index < -0.39 is 0 Å². The van der Waals surface area contributed by atoms with Crippen LogP contribution in [0.4, 0.5) is 0 Å². The number of hydrogen-bond acceptors (Lipinski definition) is 2. The summed E-state index contributed by atoms with van der Waals surface area (Å²) < 4.78 is 7.06. The van der Waals surface area contributed by atoms with Gasteiger partial charge in [0.05, 0.1) is 20.6 Å². The molecule has 0 amide bonds. The third-order valence-corrected chi connectivity index (χ3v) is 8.67. The van der Waals surface area contributed by atoms with E-state index in [9.17, 15) is 0 Å². The number of rotatable bonds is 15. The van der Waals surface area contributed by atoms with Crippen LogP contribution in [0, 0.1) is 17.8 Å². The standard InChI is InChI=1S/C27H50N2OS.BrH/c1-4-5-6-7-8-9-10-11-12-13-14-29(2,3)15-16-30-26(31)28-27-20-23-17-24(21-27)19-25(18-23)22-27;/h23-25H,4-22H2,1-3H3;1H. The van der Waals surface area contributed by atoms with Gasteiger partial charge < -0.3 is 31.5 Å². The topological polar surface area (TPSA) is 21.3 Å². The highest BCUT2D eigenvalue weighted by molar-refractivity contribution is 7.80. The van der Waals surface area contributed by atoms with E-state index in [-0.39, 0.29) is 22.5 Å². The van der Waals surface area contributed by atoms with Crippen LogP contribution in [0.5, 0.6) is 0 Å². The SMILES string of the molecule is CCCCCCCCCCCC[N+](C)(C)CCOC(=S)NC12CC3CC(CC(C3)C1)C2.[Br-]. The Balaban J connectivity index is 0.00000363. The Labute approximate surface area is 215 Å². The average molecular weight is 532 g/mol. The summed E-state index contributed by atoms with van der Waals surface area (Å²) in [6, 6.07) is 0. The summed E-state index contributed by atoms with van der Waals surface area (Å²) in [5, 5.41) is 4.37. The third-order valence-electron chi connectivity index (χ3n) is 8.45. The van der Waals surface area contributed by atoms with E-state index in [2.05, 4.69) is 26.3 Å². The predicted octanol–water partition coefficient (Wildman–Crippen LogP) is 3.85. The molecule has 188 valence electrons. The number of hydrogen-bond donors (Lipinski definition) is 1. The van der Waals surface area contributed by atoms with Gasteiger partial charge in [-0.05, 0) is 81.3 Å². The van der Waals surface area contributed by atoms with Gasteiger partial charge in [-0.2, -0.15) is 0 Å². The first-order valence-corrected chi connectivity index (χ1v) is 14.1. The fourth-order valence-electron chi connectivity index (χ4n) is 7.04. The summed E-state index contributed by atoms with van der Waals surface area (Å²) in [6.07, 6.45) is 22.4. The molecule has 0 unspecified atom stereocenters. The minimum atomic E-state index is 0. The van der Waals surface area contributed by atoms with E-state index in [1.54, 1.807) is 0 Å². The highest BCUT2D eigenvalue weighted by Gasteiger charge is 2.51. The number of thiocarbonyl (C=S) groups is 1. The van der Waals surface area contributed by atoms with Crippen molar-refractivity contribution in [3.05, 3.63) is 0 Å². The number of halogens is 1. The predicted molar refractivity (Wildman–Crippen MR) is 136 cm³/mol. The minimum absolute atomic E-state index is 0. The maximum Gasteiger partial charge on any atom is 0.257 e. The lowest BCUT2D eigenvalue weighted by molar-refractivity contribution is -0.890. The monoisotopic (exact) mass is 530 g/mol. The Hall–Kier alpha value is 0.130. The van der Waals surface area contributed by atoms with Crippen LogP contribution in [0.2, 0.25) is 0 Å². The summed E-state index contributed by atoms with van der Waals surface area (Å²) in [4.78, 5) is 0. The van der Waals surface area contributed by atoms with Crippen LogP contribution in [-0.2, 0) is 4.74 Å². The van der Waals surface area contributed by atoms with Gasteiger partial charge in [0, 0.05) is 5.54 Å². The van der Waals surface area contributed by atoms with Crippen LogP contribution in [0.1, 0.15) is 110 Å². The lowest BCUT2D eigenvalue weighted by Gasteiger charge is -2.57. The van der Waals surface area contributed by atoms with Gasteiger partial charge in [-0.15, -0.1) is 0 Å². The molecular weight excluding hydrogens is 480 g/mol. The van der Waals surface area contributed by atoms with Crippen LogP contribution in [0.15, 0.2) is 0 Å². The number of nitrogens with zero attached hydrogens (tertiary/aromatic N) is 1. The number of unbranched alkanes of at least 4 members (excludes halogenated alkanes) is 9. The second kappa shape index (κ2) is 13.9. The van der Waals surface area contributed by atoms with E-state index in [0.717, 1.165) is 35.4 Å². The van der Waals surface area contributed by atoms with Crippen LogP contribution in [-0.4, -0.2) is 49.0 Å². The summed E-state index contributed by atoms with van der Waals surface area (Å²) in [7, 11) is 4.68. The van der Waals surface area contributed by atoms with Crippen molar-refractivity contribution in [1.29, 1.82) is 0 Å². The maximum atomic E-state index is 6.02. The molecule has 5 heteroatoms. The molecule has 4 aliphatic rings. The Morgan fingerprint density at radius 1 is 0.812 bits per heavy atom. The van der Waals surface area contributed by atoms with Crippen molar-refractivity contribution in [1.82, 2.24) is 5.32 Å². The van der Waals surface area contributed by atoms with E-state index >= 15 is 0 Å². The molecule has 4 rings (SSSR count). The first-order valence-electron chi connectivity index (χ1n) is 13.7. The highest BCUT2D eigenvalue weighted by Crippen LogP contribution is 2.55. The van der Waals surface area contributed by atoms with Crippen molar-refractivity contribution in [3.8, 4) is 0 Å². The van der Waals surface area contributed by atoms with Crippen molar-refractivity contribution in [2.24, 2.45) is 17.8 Å². The molecule has 0 aromatic carbocycles. The van der Waals surface area contributed by atoms with E-state index in [1.807, 2.05) is 0 Å². The van der Waals surface area contributed by atoms with Gasteiger partial charge in [-0.1, -0.05) is 58.3 Å². The highest BCUT2D eigenvalue weighted by atomic mass is 79.9. The van der Waals surface area contributed by atoms with Crippen LogP contribution >= 0.6 is 12.2 Å². The molecule has 0 aliphatic heterocycles. The molecule has 4 fully saturated rings. The number of likely N-dealkylation sites (N-methyl/N-ethyl adjacent to an activating group) is 1. The molecule has 0 radical (unpaired) electrons. The van der Waals surface area contributed by atoms with Gasteiger partial charge in [-0.3, -0.25) is 0 Å². The molecule has 0 spiro atoms. The Morgan fingerprint density at radius 3 is 1.78 bits per heavy atom. The molecule has 32 heavy (non-hydrogen) atoms. The second-order valence-electron chi connectivity index (χ2n) is 12.0. The summed E-state index contributed by atoms with van der Waals surface area (Å²) >= 11 is 5.62. The number of quaternary nitrogens is 1. The first kappa shape index (κ1) is 28.4. The van der Waals surface area contributed by atoms with Crippen molar-refractivity contribution in [3.63, 3.8) is 0 Å². The zero-order valence-electron chi connectivity index (χ0n) is 21.3. The maximum absolute atomic E-state index is 6.02. The molecule has 4 bridgehead atoms. The lowest BCUT2D eigenvalue weighted by atomic mass is 9.53. The van der Waals surface area contributed by atoms with E-state index in [4.69, 9.17) is 17.0 Å². The van der Waals surface area contributed by atoms with Gasteiger partial charge in [0.25, 0.3) is 5.17 Å². The quantitative estimate of drug-likeness (QED) is 0.197.